The van der Waals surface area contributed by atoms with E-state index in [2.05, 4.69) is 0 Å². The number of halogens is 1. The van der Waals surface area contributed by atoms with Gasteiger partial charge in [0.1, 0.15) is 5.82 Å². The standard InChI is InChI=1S/C15H23FNO4/c1-20-15(21-2)11-17(8-10-19)14(7-9-18)12-5-3-4-6-13(12)16/h3-6,14-15,19H,7-11H2,1-2H3. The number of benzene rings is 1. The Morgan fingerprint density at radius 1 is 1.29 bits per heavy atom. The molecule has 0 aromatic heterocycles. The summed E-state index contributed by atoms with van der Waals surface area (Å²) in [4.78, 5) is 1.81. The van der Waals surface area contributed by atoms with Crippen molar-refractivity contribution in [3.63, 3.8) is 0 Å². The number of ether oxygens (including phenoxy) is 2. The Morgan fingerprint density at radius 3 is 2.48 bits per heavy atom. The van der Waals surface area contributed by atoms with Crippen molar-refractivity contribution >= 4 is 0 Å². The molecule has 119 valence electrons. The normalized spacial score (nSPS) is 13.1. The average molecular weight is 300 g/mol. The van der Waals surface area contributed by atoms with Gasteiger partial charge in [-0.25, -0.2) is 9.50 Å². The van der Waals surface area contributed by atoms with Gasteiger partial charge in [0.05, 0.1) is 19.8 Å². The molecule has 1 N–H and O–H groups in total. The van der Waals surface area contributed by atoms with Crippen LogP contribution in [-0.2, 0) is 14.6 Å². The van der Waals surface area contributed by atoms with Crippen molar-refractivity contribution in [1.82, 2.24) is 4.90 Å². The molecule has 21 heavy (non-hydrogen) atoms. The molecule has 1 unspecified atom stereocenters. The number of aliphatic hydroxyl groups excluding tert-OH is 1. The molecule has 1 aromatic rings. The van der Waals surface area contributed by atoms with Gasteiger partial charge in [0.2, 0.25) is 0 Å². The van der Waals surface area contributed by atoms with Crippen molar-refractivity contribution in [2.45, 2.75) is 18.8 Å². The van der Waals surface area contributed by atoms with Crippen LogP contribution in [0.2, 0.25) is 0 Å². The fourth-order valence-electron chi connectivity index (χ4n) is 2.33. The molecule has 1 aromatic carbocycles. The summed E-state index contributed by atoms with van der Waals surface area (Å²) in [6.07, 6.45) is -0.251. The van der Waals surface area contributed by atoms with Crippen LogP contribution in [0.1, 0.15) is 18.0 Å². The molecule has 0 amide bonds. The molecule has 0 fully saturated rings. The van der Waals surface area contributed by atoms with E-state index in [0.717, 1.165) is 0 Å². The Bertz CT molecular complexity index is 401. The largest absolute Gasteiger partial charge is 0.395 e. The van der Waals surface area contributed by atoms with E-state index < -0.39 is 12.3 Å². The van der Waals surface area contributed by atoms with Crippen LogP contribution in [0.25, 0.3) is 0 Å². The topological polar surface area (TPSA) is 61.8 Å². The third-order valence-electron chi connectivity index (χ3n) is 3.39. The first-order valence-electron chi connectivity index (χ1n) is 6.90. The maximum absolute atomic E-state index is 14.0. The van der Waals surface area contributed by atoms with Crippen LogP contribution in [0.5, 0.6) is 0 Å². The van der Waals surface area contributed by atoms with E-state index in [1.807, 2.05) is 4.90 Å². The monoisotopic (exact) mass is 300 g/mol. The number of nitrogens with zero attached hydrogens (tertiary/aromatic N) is 1. The van der Waals surface area contributed by atoms with E-state index >= 15 is 0 Å². The Morgan fingerprint density at radius 2 is 1.95 bits per heavy atom. The van der Waals surface area contributed by atoms with Gasteiger partial charge in [-0.2, -0.15) is 0 Å². The summed E-state index contributed by atoms with van der Waals surface area (Å²) < 4.78 is 24.3. The molecule has 0 aliphatic carbocycles. The molecule has 0 heterocycles. The van der Waals surface area contributed by atoms with Gasteiger partial charge >= 0.3 is 0 Å². The molecule has 1 rings (SSSR count). The molecule has 0 spiro atoms. The molecular weight excluding hydrogens is 277 g/mol. The Balaban J connectivity index is 2.99. The zero-order valence-corrected chi connectivity index (χ0v) is 12.5. The molecule has 0 saturated carbocycles. The number of hydrogen-bond acceptors (Lipinski definition) is 4. The van der Waals surface area contributed by atoms with Crippen molar-refractivity contribution in [3.05, 3.63) is 35.6 Å². The summed E-state index contributed by atoms with van der Waals surface area (Å²) >= 11 is 0. The zero-order valence-electron chi connectivity index (χ0n) is 12.5. The lowest BCUT2D eigenvalue weighted by molar-refractivity contribution is -0.123. The number of aliphatic hydroxyl groups is 1. The summed E-state index contributed by atoms with van der Waals surface area (Å²) in [6.45, 7) is 0.226. The highest BCUT2D eigenvalue weighted by molar-refractivity contribution is 5.21. The van der Waals surface area contributed by atoms with Gasteiger partial charge in [0.15, 0.2) is 6.29 Å². The second-order valence-electron chi connectivity index (χ2n) is 4.65. The number of hydrogen-bond donors (Lipinski definition) is 1. The third kappa shape index (κ3) is 5.33. The van der Waals surface area contributed by atoms with Crippen LogP contribution < -0.4 is 0 Å². The van der Waals surface area contributed by atoms with E-state index in [9.17, 15) is 14.6 Å². The molecule has 1 atom stereocenters. The zero-order chi connectivity index (χ0) is 15.7. The maximum Gasteiger partial charge on any atom is 0.169 e. The van der Waals surface area contributed by atoms with E-state index in [-0.39, 0.29) is 25.5 Å². The summed E-state index contributed by atoms with van der Waals surface area (Å²) in [5.74, 6) is -0.356. The van der Waals surface area contributed by atoms with Crippen molar-refractivity contribution in [1.29, 1.82) is 0 Å². The van der Waals surface area contributed by atoms with Gasteiger partial charge in [0.25, 0.3) is 0 Å². The SMILES string of the molecule is COC(CN(CCO)C(CC[O])c1ccccc1F)OC. The molecule has 0 saturated heterocycles. The van der Waals surface area contributed by atoms with E-state index in [1.54, 1.807) is 18.2 Å². The van der Waals surface area contributed by atoms with E-state index in [4.69, 9.17) is 9.47 Å². The third-order valence-corrected chi connectivity index (χ3v) is 3.39. The Hall–Kier alpha value is -1.05. The van der Waals surface area contributed by atoms with Crippen LogP contribution in [0.15, 0.2) is 24.3 Å². The van der Waals surface area contributed by atoms with Gasteiger partial charge < -0.3 is 14.6 Å². The minimum Gasteiger partial charge on any atom is -0.395 e. The Labute approximate surface area is 124 Å². The summed E-state index contributed by atoms with van der Waals surface area (Å²) in [5, 5.41) is 20.3. The summed E-state index contributed by atoms with van der Waals surface area (Å²) in [6, 6.07) is 5.96. The van der Waals surface area contributed by atoms with Crippen LogP contribution in [0.4, 0.5) is 4.39 Å². The van der Waals surface area contributed by atoms with E-state index in [0.29, 0.717) is 18.7 Å². The van der Waals surface area contributed by atoms with Crippen LogP contribution in [0, 0.1) is 5.82 Å². The minimum absolute atomic E-state index is 0.0933. The lowest BCUT2D eigenvalue weighted by Crippen LogP contribution is -2.39. The maximum atomic E-state index is 14.0. The van der Waals surface area contributed by atoms with Crippen LogP contribution >= 0.6 is 0 Å². The van der Waals surface area contributed by atoms with Crippen molar-refractivity contribution in [2.24, 2.45) is 0 Å². The predicted molar refractivity (Wildman–Crippen MR) is 75.8 cm³/mol. The van der Waals surface area contributed by atoms with Gasteiger partial charge in [-0.1, -0.05) is 18.2 Å². The molecule has 0 bridgehead atoms. The van der Waals surface area contributed by atoms with Crippen molar-refractivity contribution in [2.75, 3.05) is 40.5 Å². The number of methoxy groups -OCH3 is 2. The molecule has 1 radical (unpaired) electrons. The summed E-state index contributed by atoms with van der Waals surface area (Å²) in [5.41, 5.74) is 0.452. The molecule has 0 aliphatic rings. The van der Waals surface area contributed by atoms with Crippen molar-refractivity contribution in [3.8, 4) is 0 Å². The smallest absolute Gasteiger partial charge is 0.169 e. The number of rotatable bonds is 10. The van der Waals surface area contributed by atoms with E-state index in [1.165, 1.54) is 20.3 Å². The average Bonchev–Trinajstić information content (AvgIpc) is 2.50. The van der Waals surface area contributed by atoms with Crippen molar-refractivity contribution < 1.29 is 24.1 Å². The highest BCUT2D eigenvalue weighted by Gasteiger charge is 2.25. The lowest BCUT2D eigenvalue weighted by Gasteiger charge is -2.33. The van der Waals surface area contributed by atoms with Crippen LogP contribution in [0.3, 0.4) is 0 Å². The minimum atomic E-state index is -0.502. The highest BCUT2D eigenvalue weighted by atomic mass is 19.1. The molecule has 6 heteroatoms. The molecular formula is C15H23FNO4. The lowest BCUT2D eigenvalue weighted by atomic mass is 10.0. The first-order valence-corrected chi connectivity index (χ1v) is 6.90. The highest BCUT2D eigenvalue weighted by Crippen LogP contribution is 2.26. The van der Waals surface area contributed by atoms with Crippen LogP contribution in [-0.4, -0.2) is 56.8 Å². The van der Waals surface area contributed by atoms with Gasteiger partial charge in [-0.15, -0.1) is 0 Å². The fraction of sp³-hybridized carbons (Fsp3) is 0.600. The second kappa shape index (κ2) is 9.81. The first kappa shape index (κ1) is 18.0. The first-order chi connectivity index (χ1) is 10.2. The summed E-state index contributed by atoms with van der Waals surface area (Å²) in [7, 11) is 3.02. The molecule has 5 nitrogen and oxygen atoms in total. The molecule has 0 aliphatic heterocycles. The van der Waals surface area contributed by atoms with Gasteiger partial charge in [-0.05, 0) is 12.5 Å². The van der Waals surface area contributed by atoms with Gasteiger partial charge in [0, 0.05) is 32.4 Å². The second-order valence-corrected chi connectivity index (χ2v) is 4.65. The predicted octanol–water partition coefficient (Wildman–Crippen LogP) is 1.60. The van der Waals surface area contributed by atoms with Gasteiger partial charge in [-0.3, -0.25) is 4.90 Å². The Kier molecular flexibility index (Phi) is 8.41. The quantitative estimate of drug-likeness (QED) is 0.667. The fourth-order valence-corrected chi connectivity index (χ4v) is 2.33.